The van der Waals surface area contributed by atoms with E-state index in [9.17, 15) is 14.4 Å². The van der Waals surface area contributed by atoms with Crippen molar-refractivity contribution < 1.29 is 14.7 Å². The van der Waals surface area contributed by atoms with Gasteiger partial charge in [0.25, 0.3) is 5.56 Å². The summed E-state index contributed by atoms with van der Waals surface area (Å²) in [5.41, 5.74) is 0.979. The van der Waals surface area contributed by atoms with Crippen molar-refractivity contribution >= 4 is 40.8 Å². The molecular formula is C17H14Cl2N2O4. The van der Waals surface area contributed by atoms with Gasteiger partial charge >= 0.3 is 5.97 Å². The molecule has 0 radical (unpaired) electrons. The molecule has 1 aliphatic rings. The number of pyridine rings is 1. The molecule has 1 aliphatic carbocycles. The molecule has 6 nitrogen and oxygen atoms in total. The highest BCUT2D eigenvalue weighted by Crippen LogP contribution is 2.39. The Kier molecular flexibility index (Phi) is 4.83. The fourth-order valence-corrected chi connectivity index (χ4v) is 2.88. The zero-order valence-electron chi connectivity index (χ0n) is 12.9. The highest BCUT2D eigenvalue weighted by molar-refractivity contribution is 6.42. The first kappa shape index (κ1) is 17.5. The van der Waals surface area contributed by atoms with Gasteiger partial charge in [0, 0.05) is 12.3 Å². The summed E-state index contributed by atoms with van der Waals surface area (Å²) in [7, 11) is 0. The van der Waals surface area contributed by atoms with Crippen LogP contribution in [0, 0.1) is 11.8 Å². The monoisotopic (exact) mass is 380 g/mol. The molecule has 0 saturated heterocycles. The normalized spacial score (nSPS) is 18.6. The van der Waals surface area contributed by atoms with Crippen LogP contribution >= 0.6 is 23.2 Å². The number of benzene rings is 1. The van der Waals surface area contributed by atoms with E-state index in [4.69, 9.17) is 28.3 Å². The first-order valence-electron chi connectivity index (χ1n) is 7.53. The summed E-state index contributed by atoms with van der Waals surface area (Å²) in [6.45, 7) is 0.264. The standard InChI is InChI=1S/C17H14Cl2N2O4/c18-13-3-1-9(5-14(13)19)7-21-8-10(2-4-15(21)22)20-16(23)11-6-12(11)17(24)25/h1-5,8,11-12H,6-7H2,(H,20,23)(H,24,25)/t11-,12-/m0/s1. The predicted octanol–water partition coefficient (Wildman–Crippen LogP) is 2.86. The van der Waals surface area contributed by atoms with Crippen LogP contribution in [0.1, 0.15) is 12.0 Å². The minimum Gasteiger partial charge on any atom is -0.481 e. The highest BCUT2D eigenvalue weighted by Gasteiger charge is 2.48. The smallest absolute Gasteiger partial charge is 0.307 e. The van der Waals surface area contributed by atoms with Gasteiger partial charge in [0.05, 0.1) is 34.1 Å². The Balaban J connectivity index is 1.74. The molecule has 0 unspecified atom stereocenters. The molecular weight excluding hydrogens is 367 g/mol. The van der Waals surface area contributed by atoms with Gasteiger partial charge in [-0.3, -0.25) is 14.4 Å². The quantitative estimate of drug-likeness (QED) is 0.834. The number of halogens is 2. The van der Waals surface area contributed by atoms with Crippen LogP contribution in [0.15, 0.2) is 41.3 Å². The van der Waals surface area contributed by atoms with Crippen molar-refractivity contribution in [3.05, 3.63) is 62.5 Å². The second-order valence-corrected chi connectivity index (χ2v) is 6.72. The summed E-state index contributed by atoms with van der Waals surface area (Å²) in [6, 6.07) is 7.91. The van der Waals surface area contributed by atoms with Gasteiger partial charge in [-0.1, -0.05) is 29.3 Å². The van der Waals surface area contributed by atoms with E-state index in [0.29, 0.717) is 22.2 Å². The Bertz CT molecular complexity index is 910. The number of hydrogen-bond acceptors (Lipinski definition) is 3. The maximum Gasteiger partial charge on any atom is 0.307 e. The number of rotatable bonds is 5. The number of amides is 1. The van der Waals surface area contributed by atoms with Crippen LogP contribution in [0.5, 0.6) is 0 Å². The van der Waals surface area contributed by atoms with Crippen molar-refractivity contribution in [1.29, 1.82) is 0 Å². The molecule has 2 N–H and O–H groups in total. The topological polar surface area (TPSA) is 88.4 Å². The SMILES string of the molecule is O=C(O)[C@H]1C[C@@H]1C(=O)Nc1ccc(=O)n(Cc2ccc(Cl)c(Cl)c2)c1. The summed E-state index contributed by atoms with van der Waals surface area (Å²) in [4.78, 5) is 34.9. The third-order valence-corrected chi connectivity index (χ3v) is 4.77. The van der Waals surface area contributed by atoms with Crippen molar-refractivity contribution in [2.45, 2.75) is 13.0 Å². The summed E-state index contributed by atoms with van der Waals surface area (Å²) in [6.07, 6.45) is 1.85. The Hall–Kier alpha value is -2.31. The van der Waals surface area contributed by atoms with Crippen LogP contribution in [0.2, 0.25) is 10.0 Å². The Morgan fingerprint density at radius 3 is 2.56 bits per heavy atom. The molecule has 8 heteroatoms. The zero-order valence-corrected chi connectivity index (χ0v) is 14.4. The minimum absolute atomic E-state index is 0.237. The molecule has 2 aromatic rings. The van der Waals surface area contributed by atoms with E-state index in [1.165, 1.54) is 22.9 Å². The molecule has 3 rings (SSSR count). The average Bonchev–Trinajstić information content (AvgIpc) is 3.35. The third-order valence-electron chi connectivity index (χ3n) is 4.03. The number of anilines is 1. The van der Waals surface area contributed by atoms with Crippen LogP contribution in [0.25, 0.3) is 0 Å². The van der Waals surface area contributed by atoms with Crippen LogP contribution in [0.4, 0.5) is 5.69 Å². The van der Waals surface area contributed by atoms with Crippen LogP contribution < -0.4 is 10.9 Å². The van der Waals surface area contributed by atoms with Gasteiger partial charge < -0.3 is 15.0 Å². The molecule has 1 amide bonds. The van der Waals surface area contributed by atoms with Crippen molar-refractivity contribution in [3.63, 3.8) is 0 Å². The molecule has 0 spiro atoms. The number of carboxylic acids is 1. The first-order valence-corrected chi connectivity index (χ1v) is 8.29. The number of hydrogen-bond donors (Lipinski definition) is 2. The lowest BCUT2D eigenvalue weighted by atomic mass is 10.2. The van der Waals surface area contributed by atoms with Crippen LogP contribution in [-0.2, 0) is 16.1 Å². The van der Waals surface area contributed by atoms with Crippen LogP contribution in [0.3, 0.4) is 0 Å². The molecule has 25 heavy (non-hydrogen) atoms. The van der Waals surface area contributed by atoms with E-state index >= 15 is 0 Å². The van der Waals surface area contributed by atoms with Crippen molar-refractivity contribution in [2.75, 3.05) is 5.32 Å². The maximum absolute atomic E-state index is 12.0. The molecule has 1 saturated carbocycles. The second-order valence-electron chi connectivity index (χ2n) is 5.91. The molecule has 1 fully saturated rings. The van der Waals surface area contributed by atoms with Crippen molar-refractivity contribution in [1.82, 2.24) is 4.57 Å². The summed E-state index contributed by atoms with van der Waals surface area (Å²) >= 11 is 11.9. The van der Waals surface area contributed by atoms with Gasteiger partial charge in [0.2, 0.25) is 5.91 Å². The molecule has 0 bridgehead atoms. The lowest BCUT2D eigenvalue weighted by Gasteiger charge is -2.10. The van der Waals surface area contributed by atoms with Gasteiger partial charge in [0.1, 0.15) is 0 Å². The molecule has 1 aromatic carbocycles. The number of carbonyl (C=O) groups excluding carboxylic acids is 1. The van der Waals surface area contributed by atoms with E-state index in [1.807, 2.05) is 0 Å². The largest absolute Gasteiger partial charge is 0.481 e. The summed E-state index contributed by atoms with van der Waals surface area (Å²) in [5.74, 6) is -2.47. The number of nitrogens with one attached hydrogen (secondary N) is 1. The molecule has 0 aliphatic heterocycles. The number of aromatic nitrogens is 1. The maximum atomic E-state index is 12.0. The Labute approximate surface area is 153 Å². The van der Waals surface area contributed by atoms with E-state index in [0.717, 1.165) is 5.56 Å². The molecule has 2 atom stereocenters. The van der Waals surface area contributed by atoms with Gasteiger partial charge in [-0.25, -0.2) is 0 Å². The zero-order chi connectivity index (χ0) is 18.1. The molecule has 1 aromatic heterocycles. The second kappa shape index (κ2) is 6.90. The fraction of sp³-hybridized carbons (Fsp3) is 0.235. The lowest BCUT2D eigenvalue weighted by Crippen LogP contribution is -2.22. The fourth-order valence-electron chi connectivity index (χ4n) is 2.56. The lowest BCUT2D eigenvalue weighted by molar-refractivity contribution is -0.139. The van der Waals surface area contributed by atoms with Gasteiger partial charge in [-0.05, 0) is 30.2 Å². The van der Waals surface area contributed by atoms with Gasteiger partial charge in [-0.2, -0.15) is 0 Å². The number of nitrogens with zero attached hydrogens (tertiary/aromatic N) is 1. The predicted molar refractivity (Wildman–Crippen MR) is 94.1 cm³/mol. The van der Waals surface area contributed by atoms with Gasteiger partial charge in [0.15, 0.2) is 0 Å². The molecule has 130 valence electrons. The van der Waals surface area contributed by atoms with Crippen LogP contribution in [-0.4, -0.2) is 21.6 Å². The summed E-state index contributed by atoms with van der Waals surface area (Å²) in [5, 5.41) is 12.4. The van der Waals surface area contributed by atoms with Gasteiger partial charge in [-0.15, -0.1) is 0 Å². The highest BCUT2D eigenvalue weighted by atomic mass is 35.5. The van der Waals surface area contributed by atoms with Crippen molar-refractivity contribution in [2.24, 2.45) is 11.8 Å². The first-order chi connectivity index (χ1) is 11.8. The Morgan fingerprint density at radius 2 is 1.92 bits per heavy atom. The Morgan fingerprint density at radius 1 is 1.16 bits per heavy atom. The van der Waals surface area contributed by atoms with Crippen molar-refractivity contribution in [3.8, 4) is 0 Å². The number of carbonyl (C=O) groups is 2. The third kappa shape index (κ3) is 4.03. The average molecular weight is 381 g/mol. The molecule has 1 heterocycles. The minimum atomic E-state index is -0.968. The van der Waals surface area contributed by atoms with E-state index in [1.54, 1.807) is 18.2 Å². The van der Waals surface area contributed by atoms with E-state index < -0.39 is 17.8 Å². The summed E-state index contributed by atoms with van der Waals surface area (Å²) < 4.78 is 1.43. The number of aliphatic carboxylic acids is 1. The van der Waals surface area contributed by atoms with E-state index in [-0.39, 0.29) is 18.0 Å². The van der Waals surface area contributed by atoms with E-state index in [2.05, 4.69) is 5.32 Å². The number of carboxylic acid groups (broad SMARTS) is 1.